The third-order valence-electron chi connectivity index (χ3n) is 4.36. The molecule has 1 heterocycles. The van der Waals surface area contributed by atoms with Crippen molar-refractivity contribution in [2.45, 2.75) is 6.42 Å². The summed E-state index contributed by atoms with van der Waals surface area (Å²) in [5.41, 5.74) is 1.21. The predicted molar refractivity (Wildman–Crippen MR) is 98.5 cm³/mol. The summed E-state index contributed by atoms with van der Waals surface area (Å²) in [5, 5.41) is 21.0. The van der Waals surface area contributed by atoms with Crippen molar-refractivity contribution in [1.82, 2.24) is 15.1 Å². The van der Waals surface area contributed by atoms with Gasteiger partial charge < -0.3 is 20.1 Å². The minimum absolute atomic E-state index is 0.121. The van der Waals surface area contributed by atoms with Gasteiger partial charge in [0, 0.05) is 45.5 Å². The Hall–Kier alpha value is -2.56. The molecule has 0 spiro atoms. The number of nitrogens with one attached hydrogen (secondary N) is 1. The number of piperazine rings is 1. The standard InChI is InChI=1S/C19H26N4O3/c1-26-18-4-2-16(3-5-18)6-7-21-19(25)17(14-20)15-23-10-8-22(9-11-23)12-13-24/h2-5,15,24H,6-13H2,1H3,(H,21,25)/b17-15-. The minimum atomic E-state index is -0.348. The van der Waals surface area contributed by atoms with E-state index in [1.165, 1.54) is 0 Å². The van der Waals surface area contributed by atoms with Gasteiger partial charge in [-0.1, -0.05) is 12.1 Å². The normalized spacial score (nSPS) is 15.4. The van der Waals surface area contributed by atoms with Gasteiger partial charge in [-0.2, -0.15) is 5.26 Å². The number of methoxy groups -OCH3 is 1. The van der Waals surface area contributed by atoms with Crippen LogP contribution in [-0.4, -0.2) is 73.8 Å². The topological polar surface area (TPSA) is 88.8 Å². The largest absolute Gasteiger partial charge is 0.497 e. The summed E-state index contributed by atoms with van der Waals surface area (Å²) in [5.74, 6) is 0.449. The molecule has 0 radical (unpaired) electrons. The van der Waals surface area contributed by atoms with E-state index in [0.29, 0.717) is 19.5 Å². The van der Waals surface area contributed by atoms with Crippen LogP contribution in [0.1, 0.15) is 5.56 Å². The molecule has 1 saturated heterocycles. The van der Waals surface area contributed by atoms with Crippen molar-refractivity contribution >= 4 is 5.91 Å². The Kier molecular flexibility index (Phi) is 7.93. The van der Waals surface area contributed by atoms with Gasteiger partial charge >= 0.3 is 0 Å². The van der Waals surface area contributed by atoms with E-state index in [2.05, 4.69) is 10.2 Å². The Bertz CT molecular complexity index is 644. The average molecular weight is 358 g/mol. The number of nitriles is 1. The zero-order valence-corrected chi connectivity index (χ0v) is 15.1. The van der Waals surface area contributed by atoms with Crippen LogP contribution in [0.3, 0.4) is 0 Å². The van der Waals surface area contributed by atoms with E-state index in [1.807, 2.05) is 35.2 Å². The van der Waals surface area contributed by atoms with Gasteiger partial charge in [0.15, 0.2) is 0 Å². The first kappa shape index (κ1) is 19.8. The van der Waals surface area contributed by atoms with E-state index < -0.39 is 0 Å². The second kappa shape index (κ2) is 10.4. The number of β-amino-alcohol motifs (C(OH)–C–C–N with tert-alkyl or cyclic N) is 1. The van der Waals surface area contributed by atoms with Crippen LogP contribution < -0.4 is 10.1 Å². The predicted octanol–water partition coefficient (Wildman–Crippen LogP) is 0.371. The van der Waals surface area contributed by atoms with Gasteiger partial charge in [-0.05, 0) is 24.1 Å². The van der Waals surface area contributed by atoms with Gasteiger partial charge in [-0.3, -0.25) is 9.69 Å². The van der Waals surface area contributed by atoms with Crippen LogP contribution in [0, 0.1) is 11.3 Å². The zero-order chi connectivity index (χ0) is 18.8. The highest BCUT2D eigenvalue weighted by Gasteiger charge is 2.16. The first-order valence-electron chi connectivity index (χ1n) is 8.76. The van der Waals surface area contributed by atoms with Crippen LogP contribution in [0.15, 0.2) is 36.0 Å². The molecular weight excluding hydrogens is 332 g/mol. The van der Waals surface area contributed by atoms with Gasteiger partial charge in [0.25, 0.3) is 5.91 Å². The van der Waals surface area contributed by atoms with Crippen LogP contribution in [0.4, 0.5) is 0 Å². The molecule has 2 rings (SSSR count). The molecule has 0 aliphatic carbocycles. The van der Waals surface area contributed by atoms with Gasteiger partial charge in [-0.25, -0.2) is 0 Å². The molecule has 1 fully saturated rings. The summed E-state index contributed by atoms with van der Waals surface area (Å²) in [6.45, 7) is 4.39. The molecule has 0 atom stereocenters. The van der Waals surface area contributed by atoms with Crippen LogP contribution in [0.2, 0.25) is 0 Å². The number of carbonyl (C=O) groups is 1. The summed E-state index contributed by atoms with van der Waals surface area (Å²) in [7, 11) is 1.62. The Morgan fingerprint density at radius 2 is 2.00 bits per heavy atom. The Morgan fingerprint density at radius 1 is 1.31 bits per heavy atom. The first-order chi connectivity index (χ1) is 12.7. The number of carbonyl (C=O) groups excluding carboxylic acids is 1. The molecule has 1 aliphatic heterocycles. The van der Waals surface area contributed by atoms with Crippen molar-refractivity contribution in [3.8, 4) is 11.8 Å². The van der Waals surface area contributed by atoms with Crippen molar-refractivity contribution in [2.75, 3.05) is 53.0 Å². The molecule has 2 N–H and O–H groups in total. The molecule has 26 heavy (non-hydrogen) atoms. The number of hydrogen-bond donors (Lipinski definition) is 2. The Labute approximate surface area is 154 Å². The van der Waals surface area contributed by atoms with Gasteiger partial charge in [0.1, 0.15) is 17.4 Å². The Morgan fingerprint density at radius 3 is 2.58 bits per heavy atom. The molecule has 7 nitrogen and oxygen atoms in total. The highest BCUT2D eigenvalue weighted by atomic mass is 16.5. The van der Waals surface area contributed by atoms with Crippen LogP contribution in [0.25, 0.3) is 0 Å². The maximum Gasteiger partial charge on any atom is 0.263 e. The van der Waals surface area contributed by atoms with Crippen molar-refractivity contribution in [3.05, 3.63) is 41.6 Å². The number of nitrogens with zero attached hydrogens (tertiary/aromatic N) is 3. The van der Waals surface area contributed by atoms with E-state index >= 15 is 0 Å². The number of benzene rings is 1. The number of aliphatic hydroxyl groups excluding tert-OH is 1. The summed E-state index contributed by atoms with van der Waals surface area (Å²) in [4.78, 5) is 16.4. The number of rotatable bonds is 8. The van der Waals surface area contributed by atoms with Crippen molar-refractivity contribution in [2.24, 2.45) is 0 Å². The molecule has 140 valence electrons. The zero-order valence-electron chi connectivity index (χ0n) is 15.1. The molecule has 1 aromatic carbocycles. The van der Waals surface area contributed by atoms with Crippen LogP contribution >= 0.6 is 0 Å². The summed E-state index contributed by atoms with van der Waals surface area (Å²) in [6.07, 6.45) is 2.33. The number of hydrogen-bond acceptors (Lipinski definition) is 6. The second-order valence-electron chi connectivity index (χ2n) is 6.11. The fourth-order valence-electron chi connectivity index (χ4n) is 2.79. The van der Waals surface area contributed by atoms with Crippen LogP contribution in [-0.2, 0) is 11.2 Å². The fraction of sp³-hybridized carbons (Fsp3) is 0.474. The maximum absolute atomic E-state index is 12.2. The molecule has 1 aromatic rings. The smallest absolute Gasteiger partial charge is 0.263 e. The fourth-order valence-corrected chi connectivity index (χ4v) is 2.79. The number of amides is 1. The average Bonchev–Trinajstić information content (AvgIpc) is 2.68. The highest BCUT2D eigenvalue weighted by molar-refractivity contribution is 5.97. The summed E-state index contributed by atoms with van der Waals surface area (Å²) in [6, 6.07) is 9.67. The summed E-state index contributed by atoms with van der Waals surface area (Å²) >= 11 is 0. The molecule has 1 aliphatic rings. The third-order valence-corrected chi connectivity index (χ3v) is 4.36. The van der Waals surface area contributed by atoms with Gasteiger partial charge in [0.05, 0.1) is 13.7 Å². The van der Waals surface area contributed by atoms with Crippen molar-refractivity contribution in [3.63, 3.8) is 0 Å². The second-order valence-corrected chi connectivity index (χ2v) is 6.11. The lowest BCUT2D eigenvalue weighted by molar-refractivity contribution is -0.117. The third kappa shape index (κ3) is 6.06. The molecule has 0 bridgehead atoms. The van der Waals surface area contributed by atoms with Crippen LogP contribution in [0.5, 0.6) is 5.75 Å². The maximum atomic E-state index is 12.2. The van der Waals surface area contributed by atoms with E-state index in [0.717, 1.165) is 37.5 Å². The highest BCUT2D eigenvalue weighted by Crippen LogP contribution is 2.11. The van der Waals surface area contributed by atoms with Crippen molar-refractivity contribution < 1.29 is 14.6 Å². The summed E-state index contributed by atoms with van der Waals surface area (Å²) < 4.78 is 5.12. The number of ether oxygens (including phenoxy) is 1. The molecule has 1 amide bonds. The SMILES string of the molecule is COc1ccc(CCNC(=O)/C(C#N)=C\N2CCN(CCO)CC2)cc1. The van der Waals surface area contributed by atoms with Gasteiger partial charge in [-0.15, -0.1) is 0 Å². The monoisotopic (exact) mass is 358 g/mol. The lowest BCUT2D eigenvalue weighted by atomic mass is 10.1. The van der Waals surface area contributed by atoms with Gasteiger partial charge in [0.2, 0.25) is 0 Å². The molecule has 0 unspecified atom stereocenters. The molecule has 0 saturated carbocycles. The Balaban J connectivity index is 1.79. The molecular formula is C19H26N4O3. The minimum Gasteiger partial charge on any atom is -0.497 e. The lowest BCUT2D eigenvalue weighted by Gasteiger charge is -2.33. The molecule has 0 aromatic heterocycles. The number of aliphatic hydroxyl groups is 1. The first-order valence-corrected chi connectivity index (χ1v) is 8.76. The van der Waals surface area contributed by atoms with Crippen molar-refractivity contribution in [1.29, 1.82) is 5.26 Å². The van der Waals surface area contributed by atoms with E-state index in [4.69, 9.17) is 9.84 Å². The van der Waals surface area contributed by atoms with E-state index in [1.54, 1.807) is 13.3 Å². The quantitative estimate of drug-likeness (QED) is 0.516. The lowest BCUT2D eigenvalue weighted by Crippen LogP contribution is -2.45. The molecule has 7 heteroatoms. The van der Waals surface area contributed by atoms with E-state index in [9.17, 15) is 10.1 Å². The van der Waals surface area contributed by atoms with E-state index in [-0.39, 0.29) is 18.1 Å².